The van der Waals surface area contributed by atoms with E-state index < -0.39 is 11.6 Å². The number of aromatic nitrogens is 1. The molecule has 0 atom stereocenters. The molecule has 1 N–H and O–H groups in total. The van der Waals surface area contributed by atoms with Crippen molar-refractivity contribution in [2.24, 2.45) is 0 Å². The van der Waals surface area contributed by atoms with Crippen LogP contribution >= 0.6 is 0 Å². The number of halogens is 2. The smallest absolute Gasteiger partial charge is 0.168 e. The van der Waals surface area contributed by atoms with E-state index >= 15 is 0 Å². The van der Waals surface area contributed by atoms with E-state index in [9.17, 15) is 8.78 Å². The number of hydrogen-bond acceptors (Lipinski definition) is 3. The van der Waals surface area contributed by atoms with Crippen LogP contribution in [0.15, 0.2) is 12.3 Å². The van der Waals surface area contributed by atoms with Crippen molar-refractivity contribution in [3.8, 4) is 0 Å². The van der Waals surface area contributed by atoms with E-state index in [0.717, 1.165) is 25.1 Å². The number of nitrogens with one attached hydrogen (secondary N) is 1. The summed E-state index contributed by atoms with van der Waals surface area (Å²) in [7, 11) is 4.05. The topological polar surface area (TPSA) is 28.2 Å². The highest BCUT2D eigenvalue weighted by Crippen LogP contribution is 2.36. The lowest BCUT2D eigenvalue weighted by atomic mass is 9.75. The molecule has 1 heterocycles. The summed E-state index contributed by atoms with van der Waals surface area (Å²) in [5, 5.41) is 2.97. The van der Waals surface area contributed by atoms with E-state index in [1.807, 2.05) is 14.1 Å². The molecule has 0 amide bonds. The second-order valence-electron chi connectivity index (χ2n) is 4.81. The minimum Gasteiger partial charge on any atom is -0.366 e. The van der Waals surface area contributed by atoms with Crippen molar-refractivity contribution >= 4 is 5.82 Å². The summed E-state index contributed by atoms with van der Waals surface area (Å²) < 4.78 is 26.1. The first-order valence-electron chi connectivity index (χ1n) is 5.76. The quantitative estimate of drug-likeness (QED) is 0.876. The van der Waals surface area contributed by atoms with Crippen LogP contribution in [-0.4, -0.2) is 36.1 Å². The normalized spacial score (nSPS) is 17.9. The predicted molar refractivity (Wildman–Crippen MR) is 62.9 cm³/mol. The molecule has 17 heavy (non-hydrogen) atoms. The number of hydrogen-bond donors (Lipinski definition) is 1. The monoisotopic (exact) mass is 241 g/mol. The summed E-state index contributed by atoms with van der Waals surface area (Å²) in [6, 6.07) is 0.846. The first kappa shape index (κ1) is 12.2. The van der Waals surface area contributed by atoms with Crippen molar-refractivity contribution in [2.45, 2.75) is 24.8 Å². The van der Waals surface area contributed by atoms with E-state index in [4.69, 9.17) is 0 Å². The van der Waals surface area contributed by atoms with E-state index in [0.29, 0.717) is 6.54 Å². The molecule has 1 fully saturated rings. The fourth-order valence-electron chi connectivity index (χ4n) is 2.16. The fourth-order valence-corrected chi connectivity index (χ4v) is 2.16. The Morgan fingerprint density at radius 2 is 2.12 bits per heavy atom. The Morgan fingerprint density at radius 3 is 2.59 bits per heavy atom. The molecule has 0 aromatic carbocycles. The van der Waals surface area contributed by atoms with Crippen LogP contribution in [-0.2, 0) is 0 Å². The number of anilines is 1. The first-order chi connectivity index (χ1) is 8.03. The zero-order valence-corrected chi connectivity index (χ0v) is 10.1. The van der Waals surface area contributed by atoms with Gasteiger partial charge in [0.05, 0.1) is 6.20 Å². The van der Waals surface area contributed by atoms with Crippen molar-refractivity contribution in [3.63, 3.8) is 0 Å². The molecule has 5 heteroatoms. The zero-order valence-electron chi connectivity index (χ0n) is 10.1. The van der Waals surface area contributed by atoms with Crippen LogP contribution in [0.1, 0.15) is 19.3 Å². The Hall–Kier alpha value is -1.23. The Bertz CT molecular complexity index is 403. The molecule has 0 spiro atoms. The fraction of sp³-hybridized carbons (Fsp3) is 0.583. The molecule has 0 unspecified atom stereocenters. The van der Waals surface area contributed by atoms with Crippen LogP contribution in [0.2, 0.25) is 0 Å². The van der Waals surface area contributed by atoms with Crippen molar-refractivity contribution in [2.75, 3.05) is 26.0 Å². The molecule has 2 rings (SSSR count). The second-order valence-corrected chi connectivity index (χ2v) is 4.81. The molecule has 0 bridgehead atoms. The van der Waals surface area contributed by atoms with Gasteiger partial charge >= 0.3 is 0 Å². The van der Waals surface area contributed by atoms with Crippen LogP contribution in [0.5, 0.6) is 0 Å². The third kappa shape index (κ3) is 2.39. The van der Waals surface area contributed by atoms with Crippen LogP contribution < -0.4 is 5.32 Å². The maximum absolute atomic E-state index is 13.4. The molecule has 1 saturated carbocycles. The summed E-state index contributed by atoms with van der Waals surface area (Å²) in [6.07, 6.45) is 4.40. The molecule has 94 valence electrons. The minimum absolute atomic E-state index is 0.0858. The lowest BCUT2D eigenvalue weighted by Gasteiger charge is -2.47. The first-order valence-corrected chi connectivity index (χ1v) is 5.76. The van der Waals surface area contributed by atoms with Gasteiger partial charge in [0, 0.05) is 18.2 Å². The summed E-state index contributed by atoms with van der Waals surface area (Å²) in [4.78, 5) is 5.88. The highest BCUT2D eigenvalue weighted by Gasteiger charge is 2.38. The highest BCUT2D eigenvalue weighted by atomic mass is 19.1. The molecule has 0 radical (unpaired) electrons. The molecular weight excluding hydrogens is 224 g/mol. The lowest BCUT2D eigenvalue weighted by molar-refractivity contribution is 0.0737. The minimum atomic E-state index is -0.654. The van der Waals surface area contributed by atoms with E-state index in [-0.39, 0.29) is 11.4 Å². The molecular formula is C12H17F2N3. The molecule has 1 aromatic rings. The molecule has 1 aliphatic carbocycles. The summed E-state index contributed by atoms with van der Waals surface area (Å²) in [6.45, 7) is 0.634. The van der Waals surface area contributed by atoms with Gasteiger partial charge in [-0.1, -0.05) is 0 Å². The molecule has 0 aliphatic heterocycles. The van der Waals surface area contributed by atoms with Gasteiger partial charge in [-0.05, 0) is 33.4 Å². The van der Waals surface area contributed by atoms with Crippen LogP contribution in [0.3, 0.4) is 0 Å². The highest BCUT2D eigenvalue weighted by molar-refractivity contribution is 5.36. The maximum Gasteiger partial charge on any atom is 0.168 e. The number of likely N-dealkylation sites (N-methyl/N-ethyl adjacent to an activating group) is 1. The number of rotatable bonds is 4. The van der Waals surface area contributed by atoms with Gasteiger partial charge in [0.15, 0.2) is 11.6 Å². The van der Waals surface area contributed by atoms with Gasteiger partial charge < -0.3 is 10.2 Å². The van der Waals surface area contributed by atoms with Crippen molar-refractivity contribution in [1.82, 2.24) is 9.88 Å². The van der Waals surface area contributed by atoms with Gasteiger partial charge in [-0.2, -0.15) is 0 Å². The summed E-state index contributed by atoms with van der Waals surface area (Å²) in [5.74, 6) is -1.17. The van der Waals surface area contributed by atoms with Crippen molar-refractivity contribution in [3.05, 3.63) is 23.9 Å². The average Bonchev–Trinajstić information content (AvgIpc) is 2.18. The van der Waals surface area contributed by atoms with Gasteiger partial charge in [-0.3, -0.25) is 0 Å². The van der Waals surface area contributed by atoms with Gasteiger partial charge in [-0.15, -0.1) is 0 Å². The van der Waals surface area contributed by atoms with Crippen LogP contribution in [0.4, 0.5) is 14.6 Å². The van der Waals surface area contributed by atoms with Gasteiger partial charge in [-0.25, -0.2) is 13.8 Å². The SMILES string of the molecule is CN(C)C1(CNc2ncc(F)cc2F)CCC1. The van der Waals surface area contributed by atoms with Gasteiger partial charge in [0.25, 0.3) is 0 Å². The predicted octanol–water partition coefficient (Wildman–Crippen LogP) is 2.26. The standard InChI is InChI=1S/C12H17F2N3/c1-17(2)12(4-3-5-12)8-16-11-10(14)6-9(13)7-15-11/h6-7H,3-5,8H2,1-2H3,(H,15,16). The van der Waals surface area contributed by atoms with Crippen LogP contribution in [0.25, 0.3) is 0 Å². The lowest BCUT2D eigenvalue weighted by Crippen LogP contribution is -2.54. The molecule has 1 aliphatic rings. The second kappa shape index (κ2) is 4.56. The van der Waals surface area contributed by atoms with E-state index in [2.05, 4.69) is 15.2 Å². The van der Waals surface area contributed by atoms with Gasteiger partial charge in [0.1, 0.15) is 5.82 Å². The molecule has 1 aromatic heterocycles. The summed E-state index contributed by atoms with van der Waals surface area (Å²) in [5.41, 5.74) is 0.0858. The van der Waals surface area contributed by atoms with Crippen LogP contribution in [0, 0.1) is 11.6 Å². The largest absolute Gasteiger partial charge is 0.366 e. The molecule has 0 saturated heterocycles. The average molecular weight is 241 g/mol. The Labute approximate surface area is 99.8 Å². The third-order valence-electron chi connectivity index (χ3n) is 3.63. The Balaban J connectivity index is 2.02. The number of nitrogens with zero attached hydrogens (tertiary/aromatic N) is 2. The van der Waals surface area contributed by atoms with Gasteiger partial charge in [0.2, 0.25) is 0 Å². The molecule has 3 nitrogen and oxygen atoms in total. The maximum atomic E-state index is 13.4. The van der Waals surface area contributed by atoms with E-state index in [1.165, 1.54) is 6.42 Å². The Morgan fingerprint density at radius 1 is 1.41 bits per heavy atom. The third-order valence-corrected chi connectivity index (χ3v) is 3.63. The summed E-state index contributed by atoms with van der Waals surface area (Å²) >= 11 is 0. The zero-order chi connectivity index (χ0) is 12.5. The number of pyridine rings is 1. The van der Waals surface area contributed by atoms with Crippen molar-refractivity contribution in [1.29, 1.82) is 0 Å². The van der Waals surface area contributed by atoms with Crippen molar-refractivity contribution < 1.29 is 8.78 Å². The van der Waals surface area contributed by atoms with E-state index in [1.54, 1.807) is 0 Å². The Kier molecular flexibility index (Phi) is 3.28.